The molecule has 1 nitrogen and oxygen atoms in total. The Morgan fingerprint density at radius 1 is 1.31 bits per heavy atom. The van der Waals surface area contributed by atoms with Crippen LogP contribution in [0.4, 0.5) is 0 Å². The van der Waals surface area contributed by atoms with E-state index in [-0.39, 0.29) is 0 Å². The van der Waals surface area contributed by atoms with E-state index in [9.17, 15) is 0 Å². The van der Waals surface area contributed by atoms with Gasteiger partial charge in [0.05, 0.1) is 12.7 Å². The number of hydrogen-bond donors (Lipinski definition) is 0. The van der Waals surface area contributed by atoms with Crippen LogP contribution < -0.4 is 0 Å². The molecular formula is C11H15BrO. The monoisotopic (exact) mass is 242 g/mol. The Balaban J connectivity index is 2.41. The van der Waals surface area contributed by atoms with Crippen molar-refractivity contribution in [2.75, 3.05) is 0 Å². The first-order chi connectivity index (χ1) is 6.22. The summed E-state index contributed by atoms with van der Waals surface area (Å²) in [5.41, 5.74) is 1.23. The van der Waals surface area contributed by atoms with E-state index < -0.39 is 0 Å². The molecule has 72 valence electrons. The van der Waals surface area contributed by atoms with Crippen LogP contribution >= 0.6 is 15.9 Å². The van der Waals surface area contributed by atoms with Crippen molar-refractivity contribution in [1.29, 1.82) is 0 Å². The summed E-state index contributed by atoms with van der Waals surface area (Å²) in [4.78, 5) is 0. The van der Waals surface area contributed by atoms with Gasteiger partial charge in [0.15, 0.2) is 0 Å². The molecule has 0 unspecified atom stereocenters. The predicted octanol–water partition coefficient (Wildman–Crippen LogP) is 3.76. The van der Waals surface area contributed by atoms with Gasteiger partial charge in [-0.25, -0.2) is 0 Å². The van der Waals surface area contributed by atoms with E-state index in [1.54, 1.807) is 0 Å². The fourth-order valence-electron chi connectivity index (χ4n) is 0.937. The molecule has 0 bridgehead atoms. The van der Waals surface area contributed by atoms with Gasteiger partial charge in [-0.2, -0.15) is 0 Å². The molecule has 0 aliphatic heterocycles. The van der Waals surface area contributed by atoms with Crippen molar-refractivity contribution in [1.82, 2.24) is 0 Å². The fraction of sp³-hybridized carbons (Fsp3) is 0.455. The lowest BCUT2D eigenvalue weighted by Crippen LogP contribution is -2.05. The van der Waals surface area contributed by atoms with Crippen molar-refractivity contribution in [3.8, 4) is 0 Å². The molecule has 0 saturated carbocycles. The predicted molar refractivity (Wildman–Crippen MR) is 58.7 cm³/mol. The highest BCUT2D eigenvalue weighted by Crippen LogP contribution is 2.12. The highest BCUT2D eigenvalue weighted by Gasteiger charge is 1.98. The van der Waals surface area contributed by atoms with Crippen LogP contribution in [-0.4, -0.2) is 6.10 Å². The summed E-state index contributed by atoms with van der Waals surface area (Å²) in [5.74, 6) is 0. The molecule has 0 aliphatic carbocycles. The second-order valence-electron chi connectivity index (χ2n) is 3.16. The number of hydrogen-bond acceptors (Lipinski definition) is 1. The molecule has 0 amide bonds. The molecule has 0 saturated heterocycles. The fourth-order valence-corrected chi connectivity index (χ4v) is 1.20. The summed E-state index contributed by atoms with van der Waals surface area (Å²) in [5, 5.41) is 0. The summed E-state index contributed by atoms with van der Waals surface area (Å²) in [6.45, 7) is 4.94. The Kier molecular flexibility index (Phi) is 4.46. The second-order valence-corrected chi connectivity index (χ2v) is 4.07. The first-order valence-corrected chi connectivity index (χ1v) is 5.37. The Morgan fingerprint density at radius 3 is 2.46 bits per heavy atom. The van der Waals surface area contributed by atoms with Gasteiger partial charge in [-0.1, -0.05) is 35.0 Å². The lowest BCUT2D eigenvalue weighted by molar-refractivity contribution is 0.0508. The summed E-state index contributed by atoms with van der Waals surface area (Å²) in [7, 11) is 0. The second kappa shape index (κ2) is 5.40. The largest absolute Gasteiger partial charge is 0.374 e. The number of rotatable bonds is 4. The molecule has 1 atom stereocenters. The average Bonchev–Trinajstić information content (AvgIpc) is 2.16. The number of halogens is 1. The zero-order valence-electron chi connectivity index (χ0n) is 8.09. The number of benzene rings is 1. The molecule has 0 heterocycles. The topological polar surface area (TPSA) is 9.23 Å². The molecule has 1 aromatic carbocycles. The van der Waals surface area contributed by atoms with Gasteiger partial charge in [-0.3, -0.25) is 0 Å². The standard InChI is InChI=1S/C11H15BrO/c1-3-9(2)13-8-10-4-6-11(12)7-5-10/h4-7,9H,3,8H2,1-2H3/t9-/m0/s1. The van der Waals surface area contributed by atoms with Crippen LogP contribution in [0.5, 0.6) is 0 Å². The maximum absolute atomic E-state index is 5.60. The Morgan fingerprint density at radius 2 is 1.92 bits per heavy atom. The van der Waals surface area contributed by atoms with E-state index in [0.29, 0.717) is 12.7 Å². The SMILES string of the molecule is CC[C@H](C)OCc1ccc(Br)cc1. The zero-order chi connectivity index (χ0) is 9.68. The first kappa shape index (κ1) is 10.7. The van der Waals surface area contributed by atoms with Crippen LogP contribution in [-0.2, 0) is 11.3 Å². The van der Waals surface area contributed by atoms with Crippen molar-refractivity contribution in [3.63, 3.8) is 0 Å². The summed E-state index contributed by atoms with van der Waals surface area (Å²) in [6.07, 6.45) is 1.42. The van der Waals surface area contributed by atoms with Gasteiger partial charge in [-0.05, 0) is 31.0 Å². The maximum Gasteiger partial charge on any atom is 0.0720 e. The average molecular weight is 243 g/mol. The van der Waals surface area contributed by atoms with E-state index in [2.05, 4.69) is 41.9 Å². The van der Waals surface area contributed by atoms with Gasteiger partial charge in [0.1, 0.15) is 0 Å². The molecule has 0 fully saturated rings. The molecule has 0 spiro atoms. The first-order valence-electron chi connectivity index (χ1n) is 4.58. The van der Waals surface area contributed by atoms with Crippen molar-refractivity contribution in [2.24, 2.45) is 0 Å². The zero-order valence-corrected chi connectivity index (χ0v) is 9.67. The normalized spacial score (nSPS) is 12.8. The van der Waals surface area contributed by atoms with Crippen LogP contribution in [0.15, 0.2) is 28.7 Å². The van der Waals surface area contributed by atoms with E-state index in [0.717, 1.165) is 10.9 Å². The molecule has 0 aromatic heterocycles. The maximum atomic E-state index is 5.60. The van der Waals surface area contributed by atoms with Crippen molar-refractivity contribution >= 4 is 15.9 Å². The lowest BCUT2D eigenvalue weighted by Gasteiger charge is -2.10. The minimum Gasteiger partial charge on any atom is -0.374 e. The smallest absolute Gasteiger partial charge is 0.0720 e. The highest BCUT2D eigenvalue weighted by atomic mass is 79.9. The molecule has 13 heavy (non-hydrogen) atoms. The van der Waals surface area contributed by atoms with Crippen molar-refractivity contribution in [2.45, 2.75) is 33.0 Å². The Hall–Kier alpha value is -0.340. The Bertz CT molecular complexity index is 243. The van der Waals surface area contributed by atoms with E-state index in [1.165, 1.54) is 5.56 Å². The molecule has 1 rings (SSSR count). The van der Waals surface area contributed by atoms with E-state index >= 15 is 0 Å². The highest BCUT2D eigenvalue weighted by molar-refractivity contribution is 9.10. The van der Waals surface area contributed by atoms with Gasteiger partial charge < -0.3 is 4.74 Å². The summed E-state index contributed by atoms with van der Waals surface area (Å²) in [6, 6.07) is 8.23. The molecular weight excluding hydrogens is 228 g/mol. The van der Waals surface area contributed by atoms with Gasteiger partial charge in [0.25, 0.3) is 0 Å². The van der Waals surface area contributed by atoms with Crippen LogP contribution in [0.2, 0.25) is 0 Å². The van der Waals surface area contributed by atoms with Crippen LogP contribution in [0, 0.1) is 0 Å². The van der Waals surface area contributed by atoms with Crippen molar-refractivity contribution < 1.29 is 4.74 Å². The van der Waals surface area contributed by atoms with Gasteiger partial charge in [0.2, 0.25) is 0 Å². The van der Waals surface area contributed by atoms with Gasteiger partial charge in [0, 0.05) is 4.47 Å². The third-order valence-electron chi connectivity index (χ3n) is 2.02. The van der Waals surface area contributed by atoms with Crippen LogP contribution in [0.3, 0.4) is 0 Å². The third-order valence-corrected chi connectivity index (χ3v) is 2.55. The lowest BCUT2D eigenvalue weighted by atomic mass is 10.2. The number of ether oxygens (including phenoxy) is 1. The minimum absolute atomic E-state index is 0.351. The van der Waals surface area contributed by atoms with E-state index in [4.69, 9.17) is 4.74 Å². The molecule has 2 heteroatoms. The summed E-state index contributed by atoms with van der Waals surface area (Å²) >= 11 is 3.40. The minimum atomic E-state index is 0.351. The van der Waals surface area contributed by atoms with Gasteiger partial charge in [-0.15, -0.1) is 0 Å². The van der Waals surface area contributed by atoms with Gasteiger partial charge >= 0.3 is 0 Å². The molecule has 1 aromatic rings. The van der Waals surface area contributed by atoms with Crippen LogP contribution in [0.1, 0.15) is 25.8 Å². The Labute approximate surface area is 88.2 Å². The van der Waals surface area contributed by atoms with Crippen molar-refractivity contribution in [3.05, 3.63) is 34.3 Å². The summed E-state index contributed by atoms with van der Waals surface area (Å²) < 4.78 is 6.71. The van der Waals surface area contributed by atoms with E-state index in [1.807, 2.05) is 12.1 Å². The molecule has 0 N–H and O–H groups in total. The quantitative estimate of drug-likeness (QED) is 0.782. The molecule has 0 aliphatic rings. The molecule has 0 radical (unpaired) electrons. The van der Waals surface area contributed by atoms with Crippen LogP contribution in [0.25, 0.3) is 0 Å². The third kappa shape index (κ3) is 3.92.